The lowest BCUT2D eigenvalue weighted by atomic mass is 10.1. The minimum atomic E-state index is -0.817. The maximum Gasteiger partial charge on any atom is 0.307 e. The minimum Gasteiger partial charge on any atom is -0.512 e. The van der Waals surface area contributed by atoms with E-state index in [9.17, 15) is 9.90 Å². The van der Waals surface area contributed by atoms with Crippen molar-refractivity contribution in [3.63, 3.8) is 0 Å². The first-order valence-electron chi connectivity index (χ1n) is 4.39. The second kappa shape index (κ2) is 2.76. The van der Waals surface area contributed by atoms with Crippen LogP contribution >= 0.6 is 0 Å². The SMILES string of the molecule is CC(C)=C(O)[C@H]1[C@H](C(=O)O)C1(C)C. The van der Waals surface area contributed by atoms with Crippen LogP contribution in [0.15, 0.2) is 11.3 Å². The number of carbonyl (C=O) groups is 1. The summed E-state index contributed by atoms with van der Waals surface area (Å²) in [6.45, 7) is 7.33. The Hall–Kier alpha value is -0.990. The summed E-state index contributed by atoms with van der Waals surface area (Å²) in [6, 6.07) is 0. The van der Waals surface area contributed by atoms with Gasteiger partial charge in [0.15, 0.2) is 0 Å². The van der Waals surface area contributed by atoms with Crippen LogP contribution in [0.4, 0.5) is 0 Å². The maximum atomic E-state index is 10.8. The van der Waals surface area contributed by atoms with E-state index in [1.54, 1.807) is 13.8 Å². The quantitative estimate of drug-likeness (QED) is 0.647. The molecule has 2 atom stereocenters. The molecule has 0 aromatic rings. The molecule has 0 amide bonds. The van der Waals surface area contributed by atoms with E-state index < -0.39 is 11.9 Å². The lowest BCUT2D eigenvalue weighted by Crippen LogP contribution is -2.03. The molecule has 0 radical (unpaired) electrons. The first kappa shape index (κ1) is 10.1. The highest BCUT2D eigenvalue weighted by Crippen LogP contribution is 2.61. The molecule has 0 aromatic heterocycles. The average Bonchev–Trinajstić information content (AvgIpc) is 2.51. The smallest absolute Gasteiger partial charge is 0.307 e. The predicted octanol–water partition coefficient (Wildman–Crippen LogP) is 2.20. The first-order chi connectivity index (χ1) is 5.80. The zero-order valence-corrected chi connectivity index (χ0v) is 8.46. The van der Waals surface area contributed by atoms with Gasteiger partial charge in [0, 0.05) is 5.92 Å². The largest absolute Gasteiger partial charge is 0.512 e. The van der Waals surface area contributed by atoms with Gasteiger partial charge in [-0.1, -0.05) is 13.8 Å². The number of carboxylic acid groups (broad SMARTS) is 1. The summed E-state index contributed by atoms with van der Waals surface area (Å²) in [7, 11) is 0. The van der Waals surface area contributed by atoms with Crippen LogP contribution in [0.5, 0.6) is 0 Å². The standard InChI is InChI=1S/C10H16O3/c1-5(2)8(11)6-7(9(12)13)10(6,3)4/h6-7,11H,1-4H3,(H,12,13)/t6-,7-/m1/s1. The number of hydrogen-bond donors (Lipinski definition) is 2. The molecule has 1 saturated carbocycles. The van der Waals surface area contributed by atoms with Gasteiger partial charge in [0.2, 0.25) is 0 Å². The number of aliphatic hydroxyl groups excluding tert-OH is 1. The summed E-state index contributed by atoms with van der Waals surface area (Å²) in [5.41, 5.74) is 0.509. The van der Waals surface area contributed by atoms with Gasteiger partial charge in [-0.15, -0.1) is 0 Å². The molecule has 2 N–H and O–H groups in total. The van der Waals surface area contributed by atoms with Crippen LogP contribution in [0.25, 0.3) is 0 Å². The first-order valence-corrected chi connectivity index (χ1v) is 4.39. The van der Waals surface area contributed by atoms with Gasteiger partial charge in [0.05, 0.1) is 11.7 Å². The number of rotatable bonds is 2. The molecule has 1 fully saturated rings. The fraction of sp³-hybridized carbons (Fsp3) is 0.700. The van der Waals surface area contributed by atoms with Gasteiger partial charge >= 0.3 is 5.97 Å². The molecule has 3 nitrogen and oxygen atoms in total. The average molecular weight is 184 g/mol. The van der Waals surface area contributed by atoms with Crippen LogP contribution < -0.4 is 0 Å². The Morgan fingerprint density at radius 3 is 1.85 bits per heavy atom. The Bertz CT molecular complexity index is 272. The molecule has 0 aromatic carbocycles. The molecule has 0 bridgehead atoms. The lowest BCUT2D eigenvalue weighted by Gasteiger charge is -2.02. The normalized spacial score (nSPS) is 29.5. The Labute approximate surface area is 78.1 Å². The van der Waals surface area contributed by atoms with Crippen molar-refractivity contribution in [2.75, 3.05) is 0 Å². The molecule has 0 spiro atoms. The molecule has 3 heteroatoms. The van der Waals surface area contributed by atoms with Crippen LogP contribution in [0, 0.1) is 17.3 Å². The van der Waals surface area contributed by atoms with Crippen LogP contribution in [0.2, 0.25) is 0 Å². The van der Waals surface area contributed by atoms with Crippen molar-refractivity contribution in [3.8, 4) is 0 Å². The predicted molar refractivity (Wildman–Crippen MR) is 49.4 cm³/mol. The molecule has 1 rings (SSSR count). The molecular weight excluding hydrogens is 168 g/mol. The zero-order chi connectivity index (χ0) is 10.4. The zero-order valence-electron chi connectivity index (χ0n) is 8.46. The number of aliphatic carboxylic acids is 1. The summed E-state index contributed by atoms with van der Waals surface area (Å²) in [6.07, 6.45) is 0. The van der Waals surface area contributed by atoms with E-state index in [1.165, 1.54) is 0 Å². The van der Waals surface area contributed by atoms with Crippen LogP contribution in [0.1, 0.15) is 27.7 Å². The van der Waals surface area contributed by atoms with E-state index in [1.807, 2.05) is 13.8 Å². The van der Waals surface area contributed by atoms with Crippen molar-refractivity contribution < 1.29 is 15.0 Å². The topological polar surface area (TPSA) is 57.5 Å². The van der Waals surface area contributed by atoms with Crippen molar-refractivity contribution >= 4 is 5.97 Å². The third-order valence-corrected chi connectivity index (χ3v) is 2.90. The Kier molecular flexibility index (Phi) is 2.14. The summed E-state index contributed by atoms with van der Waals surface area (Å²) >= 11 is 0. The number of aliphatic hydroxyl groups is 1. The van der Waals surface area contributed by atoms with Crippen molar-refractivity contribution in [2.24, 2.45) is 17.3 Å². The summed E-state index contributed by atoms with van der Waals surface area (Å²) in [4.78, 5) is 10.8. The third-order valence-electron chi connectivity index (χ3n) is 2.90. The molecule has 74 valence electrons. The second-order valence-corrected chi connectivity index (χ2v) is 4.50. The van der Waals surface area contributed by atoms with Crippen molar-refractivity contribution in [2.45, 2.75) is 27.7 Å². The molecule has 13 heavy (non-hydrogen) atoms. The van der Waals surface area contributed by atoms with Gasteiger partial charge in [-0.25, -0.2) is 0 Å². The molecular formula is C10H16O3. The van der Waals surface area contributed by atoms with E-state index >= 15 is 0 Å². The summed E-state index contributed by atoms with van der Waals surface area (Å²) in [5, 5.41) is 18.5. The highest BCUT2D eigenvalue weighted by molar-refractivity contribution is 5.76. The molecule has 1 aliphatic rings. The van der Waals surface area contributed by atoms with Crippen LogP contribution in [0.3, 0.4) is 0 Å². The van der Waals surface area contributed by atoms with Gasteiger partial charge in [0.1, 0.15) is 0 Å². The van der Waals surface area contributed by atoms with Gasteiger partial charge in [0.25, 0.3) is 0 Å². The molecule has 0 saturated heterocycles. The van der Waals surface area contributed by atoms with Crippen LogP contribution in [-0.2, 0) is 4.79 Å². The number of carboxylic acids is 1. The third kappa shape index (κ3) is 1.43. The van der Waals surface area contributed by atoms with E-state index in [2.05, 4.69) is 0 Å². The Morgan fingerprint density at radius 1 is 1.15 bits per heavy atom. The fourth-order valence-corrected chi connectivity index (χ4v) is 1.92. The van der Waals surface area contributed by atoms with Crippen molar-refractivity contribution in [1.82, 2.24) is 0 Å². The highest BCUT2D eigenvalue weighted by Gasteiger charge is 2.64. The Morgan fingerprint density at radius 2 is 1.62 bits per heavy atom. The minimum absolute atomic E-state index is 0.199. The lowest BCUT2D eigenvalue weighted by molar-refractivity contribution is -0.139. The maximum absolute atomic E-state index is 10.8. The number of hydrogen-bond acceptors (Lipinski definition) is 2. The van der Waals surface area contributed by atoms with E-state index in [-0.39, 0.29) is 17.1 Å². The summed E-state index contributed by atoms with van der Waals surface area (Å²) in [5.74, 6) is -1.20. The fourth-order valence-electron chi connectivity index (χ4n) is 1.92. The second-order valence-electron chi connectivity index (χ2n) is 4.50. The molecule has 0 aliphatic heterocycles. The molecule has 0 heterocycles. The van der Waals surface area contributed by atoms with E-state index in [0.29, 0.717) is 0 Å². The number of allylic oxidation sites excluding steroid dienone is 2. The van der Waals surface area contributed by atoms with Gasteiger partial charge in [-0.2, -0.15) is 0 Å². The van der Waals surface area contributed by atoms with E-state index in [0.717, 1.165) is 5.57 Å². The summed E-state index contributed by atoms with van der Waals surface area (Å²) < 4.78 is 0. The monoisotopic (exact) mass is 184 g/mol. The van der Waals surface area contributed by atoms with Crippen molar-refractivity contribution in [3.05, 3.63) is 11.3 Å². The highest BCUT2D eigenvalue weighted by atomic mass is 16.4. The van der Waals surface area contributed by atoms with Crippen molar-refractivity contribution in [1.29, 1.82) is 0 Å². The van der Waals surface area contributed by atoms with Crippen LogP contribution in [-0.4, -0.2) is 16.2 Å². The molecule has 0 unspecified atom stereocenters. The van der Waals surface area contributed by atoms with E-state index in [4.69, 9.17) is 5.11 Å². The van der Waals surface area contributed by atoms with Gasteiger partial charge in [-0.3, -0.25) is 4.79 Å². The van der Waals surface area contributed by atoms with Gasteiger partial charge in [-0.05, 0) is 24.8 Å². The van der Waals surface area contributed by atoms with Gasteiger partial charge < -0.3 is 10.2 Å². The molecule has 1 aliphatic carbocycles. The Balaban J connectivity index is 2.89.